The van der Waals surface area contributed by atoms with Crippen LogP contribution < -0.4 is 9.47 Å². The molecule has 4 rings (SSSR count). The van der Waals surface area contributed by atoms with Crippen molar-refractivity contribution < 1.29 is 31.1 Å². The summed E-state index contributed by atoms with van der Waals surface area (Å²) in [7, 11) is -2.58. The molecule has 7 nitrogen and oxygen atoms in total. The Morgan fingerprint density at radius 1 is 1.07 bits per heavy atom. The van der Waals surface area contributed by atoms with Crippen LogP contribution in [0.1, 0.15) is 43.1 Å². The molecule has 164 valence electrons. The predicted molar refractivity (Wildman–Crippen MR) is 101 cm³/mol. The molecule has 0 radical (unpaired) electrons. The van der Waals surface area contributed by atoms with E-state index in [-0.39, 0.29) is 17.1 Å². The van der Waals surface area contributed by atoms with E-state index in [9.17, 15) is 21.6 Å². The Bertz CT molecular complexity index is 1040. The number of nitrogens with zero attached hydrogens (tertiary/aromatic N) is 3. The lowest BCUT2D eigenvalue weighted by Gasteiger charge is -2.29. The molecule has 0 saturated carbocycles. The molecule has 1 fully saturated rings. The lowest BCUT2D eigenvalue weighted by molar-refractivity contribution is -0.141. The molecule has 1 aromatic carbocycles. The van der Waals surface area contributed by atoms with Crippen LogP contribution in [0.3, 0.4) is 0 Å². The van der Waals surface area contributed by atoms with E-state index in [0.717, 1.165) is 17.2 Å². The van der Waals surface area contributed by atoms with Crippen molar-refractivity contribution in [1.82, 2.24) is 14.1 Å². The van der Waals surface area contributed by atoms with E-state index >= 15 is 0 Å². The monoisotopic (exact) mass is 445 g/mol. The van der Waals surface area contributed by atoms with Crippen molar-refractivity contribution >= 4 is 10.0 Å². The number of aryl methyl sites for hydroxylation is 1. The van der Waals surface area contributed by atoms with Gasteiger partial charge in [0.15, 0.2) is 17.2 Å². The van der Waals surface area contributed by atoms with Gasteiger partial charge in [-0.25, -0.2) is 8.42 Å². The van der Waals surface area contributed by atoms with Gasteiger partial charge in [0.25, 0.3) is 0 Å². The fraction of sp³-hybridized carbons (Fsp3) is 0.526. The Morgan fingerprint density at radius 2 is 1.80 bits per heavy atom. The summed E-state index contributed by atoms with van der Waals surface area (Å²) < 4.78 is 79.8. The third-order valence-electron chi connectivity index (χ3n) is 5.37. The van der Waals surface area contributed by atoms with E-state index in [2.05, 4.69) is 5.10 Å². The van der Waals surface area contributed by atoms with Gasteiger partial charge in [-0.1, -0.05) is 12.8 Å². The van der Waals surface area contributed by atoms with Gasteiger partial charge in [-0.15, -0.1) is 0 Å². The molecule has 2 aliphatic rings. The first-order valence-electron chi connectivity index (χ1n) is 9.70. The predicted octanol–water partition coefficient (Wildman–Crippen LogP) is 3.52. The molecule has 1 atom stereocenters. The lowest BCUT2D eigenvalue weighted by atomic mass is 10.1. The SMILES string of the molecule is Cn1nc(C(F)(F)F)cc1[C@@H]1CCCCCN1S(=O)(=O)c1ccc2c(c1)OCCO2. The zero-order valence-corrected chi connectivity index (χ0v) is 17.2. The van der Waals surface area contributed by atoms with Crippen molar-refractivity contribution in [2.45, 2.75) is 42.8 Å². The molecular weight excluding hydrogens is 423 g/mol. The van der Waals surface area contributed by atoms with Crippen LogP contribution in [0.2, 0.25) is 0 Å². The first kappa shape index (κ1) is 21.0. The highest BCUT2D eigenvalue weighted by molar-refractivity contribution is 7.89. The quantitative estimate of drug-likeness (QED) is 0.723. The topological polar surface area (TPSA) is 73.7 Å². The molecule has 0 spiro atoms. The number of ether oxygens (including phenoxy) is 2. The Hall–Kier alpha value is -2.27. The minimum atomic E-state index is -4.60. The normalized spacial score (nSPS) is 20.7. The van der Waals surface area contributed by atoms with Gasteiger partial charge in [0.05, 0.1) is 16.6 Å². The zero-order chi connectivity index (χ0) is 21.5. The number of halogens is 3. The Kier molecular flexibility index (Phi) is 5.43. The third-order valence-corrected chi connectivity index (χ3v) is 7.28. The molecule has 1 aromatic heterocycles. The minimum Gasteiger partial charge on any atom is -0.486 e. The number of aromatic nitrogens is 2. The molecule has 3 heterocycles. The molecule has 0 N–H and O–H groups in total. The number of hydrogen-bond acceptors (Lipinski definition) is 5. The summed E-state index contributed by atoms with van der Waals surface area (Å²) in [4.78, 5) is 0.0249. The van der Waals surface area contributed by atoms with Gasteiger partial charge in [0.2, 0.25) is 10.0 Å². The smallest absolute Gasteiger partial charge is 0.435 e. The Balaban J connectivity index is 1.74. The Labute approximate surface area is 172 Å². The largest absolute Gasteiger partial charge is 0.486 e. The first-order chi connectivity index (χ1) is 14.2. The van der Waals surface area contributed by atoms with Crippen LogP contribution in [0.15, 0.2) is 29.2 Å². The average molecular weight is 445 g/mol. The van der Waals surface area contributed by atoms with Gasteiger partial charge in [-0.05, 0) is 31.0 Å². The second-order valence-corrected chi connectivity index (χ2v) is 9.25. The van der Waals surface area contributed by atoms with Crippen molar-refractivity contribution in [3.05, 3.63) is 35.7 Å². The highest BCUT2D eigenvalue weighted by atomic mass is 32.2. The molecule has 2 aromatic rings. The van der Waals surface area contributed by atoms with Crippen LogP contribution in [0.4, 0.5) is 13.2 Å². The van der Waals surface area contributed by atoms with Crippen molar-refractivity contribution in [3.8, 4) is 11.5 Å². The molecule has 1 saturated heterocycles. The standard InChI is InChI=1S/C19H22F3N3O4S/c1-24-15(12-18(23-24)19(20,21)22)14-5-3-2-4-8-25(14)30(26,27)13-6-7-16-17(11-13)29-10-9-28-16/h6-7,11-12,14H,2-5,8-10H2,1H3/t14-/m0/s1. The van der Waals surface area contributed by atoms with Crippen molar-refractivity contribution in [3.63, 3.8) is 0 Å². The van der Waals surface area contributed by atoms with Crippen LogP contribution in [0, 0.1) is 0 Å². The number of rotatable bonds is 3. The highest BCUT2D eigenvalue weighted by Gasteiger charge is 2.39. The highest BCUT2D eigenvalue weighted by Crippen LogP contribution is 2.39. The van der Waals surface area contributed by atoms with Crippen LogP contribution in [0.25, 0.3) is 0 Å². The summed E-state index contributed by atoms with van der Waals surface area (Å²) in [5.41, 5.74) is -0.800. The van der Waals surface area contributed by atoms with Gasteiger partial charge in [-0.2, -0.15) is 22.6 Å². The third kappa shape index (κ3) is 3.87. The van der Waals surface area contributed by atoms with E-state index in [0.29, 0.717) is 44.0 Å². The van der Waals surface area contributed by atoms with Crippen molar-refractivity contribution in [2.75, 3.05) is 19.8 Å². The molecule has 0 aliphatic carbocycles. The lowest BCUT2D eigenvalue weighted by Crippen LogP contribution is -2.35. The maximum atomic E-state index is 13.5. The summed E-state index contributed by atoms with van der Waals surface area (Å²) in [5, 5.41) is 3.57. The number of sulfonamides is 1. The van der Waals surface area contributed by atoms with Crippen LogP contribution in [-0.4, -0.2) is 42.3 Å². The molecule has 0 amide bonds. The summed E-state index contributed by atoms with van der Waals surface area (Å²) in [5.74, 6) is 0.808. The number of alkyl halides is 3. The molecule has 11 heteroatoms. The number of fused-ring (bicyclic) bond motifs is 1. The second-order valence-electron chi connectivity index (χ2n) is 7.36. The van der Waals surface area contributed by atoms with Crippen LogP contribution in [-0.2, 0) is 23.2 Å². The fourth-order valence-corrected chi connectivity index (χ4v) is 5.60. The Morgan fingerprint density at radius 3 is 2.50 bits per heavy atom. The van der Waals surface area contributed by atoms with E-state index < -0.39 is 27.9 Å². The van der Waals surface area contributed by atoms with Crippen molar-refractivity contribution in [2.24, 2.45) is 7.05 Å². The van der Waals surface area contributed by atoms with Gasteiger partial charge in [-0.3, -0.25) is 4.68 Å². The van der Waals surface area contributed by atoms with Crippen LogP contribution >= 0.6 is 0 Å². The molecule has 0 bridgehead atoms. The van der Waals surface area contributed by atoms with Gasteiger partial charge < -0.3 is 9.47 Å². The summed E-state index contributed by atoms with van der Waals surface area (Å²) >= 11 is 0. The molecule has 0 unspecified atom stereocenters. The zero-order valence-electron chi connectivity index (χ0n) is 16.4. The van der Waals surface area contributed by atoms with Gasteiger partial charge in [0.1, 0.15) is 13.2 Å². The first-order valence-corrected chi connectivity index (χ1v) is 11.1. The van der Waals surface area contributed by atoms with E-state index in [1.807, 2.05) is 0 Å². The van der Waals surface area contributed by atoms with Crippen molar-refractivity contribution in [1.29, 1.82) is 0 Å². The minimum absolute atomic E-state index is 0.0249. The average Bonchev–Trinajstić information content (AvgIpc) is 2.94. The maximum Gasteiger partial charge on any atom is 0.435 e. The maximum absolute atomic E-state index is 13.5. The summed E-state index contributed by atoms with van der Waals surface area (Å²) in [6, 6.07) is 4.60. The van der Waals surface area contributed by atoms with E-state index in [4.69, 9.17) is 9.47 Å². The fourth-order valence-electron chi connectivity index (χ4n) is 3.92. The van der Waals surface area contributed by atoms with Gasteiger partial charge in [0, 0.05) is 19.7 Å². The molecule has 2 aliphatic heterocycles. The number of benzene rings is 1. The number of hydrogen-bond donors (Lipinski definition) is 0. The van der Waals surface area contributed by atoms with E-state index in [1.165, 1.54) is 23.5 Å². The summed E-state index contributed by atoms with van der Waals surface area (Å²) in [6.45, 7) is 0.918. The molecule has 30 heavy (non-hydrogen) atoms. The second kappa shape index (κ2) is 7.77. The van der Waals surface area contributed by atoms with Gasteiger partial charge >= 0.3 is 6.18 Å². The van der Waals surface area contributed by atoms with E-state index in [1.54, 1.807) is 6.07 Å². The summed E-state index contributed by atoms with van der Waals surface area (Å²) in [6.07, 6.45) is -2.04. The van der Waals surface area contributed by atoms with Crippen LogP contribution in [0.5, 0.6) is 11.5 Å². The molecular formula is C19H22F3N3O4S.